The molecule has 1 aliphatic rings. The molecule has 0 spiro atoms. The van der Waals surface area contributed by atoms with Gasteiger partial charge in [0, 0.05) is 23.8 Å². The molecule has 2 unspecified atom stereocenters. The average Bonchev–Trinajstić information content (AvgIpc) is 2.83. The van der Waals surface area contributed by atoms with Crippen molar-refractivity contribution >= 4 is 21.4 Å². The van der Waals surface area contributed by atoms with E-state index >= 15 is 0 Å². The highest BCUT2D eigenvalue weighted by Crippen LogP contribution is 2.30. The Kier molecular flexibility index (Phi) is 3.87. The summed E-state index contributed by atoms with van der Waals surface area (Å²) in [5.41, 5.74) is 7.45. The maximum absolute atomic E-state index is 5.99. The molecule has 1 aromatic carbocycles. The maximum atomic E-state index is 5.99. The molecule has 2 heterocycles. The van der Waals surface area contributed by atoms with Crippen molar-refractivity contribution in [2.45, 2.75) is 32.4 Å². The van der Waals surface area contributed by atoms with Crippen molar-refractivity contribution in [1.29, 1.82) is 0 Å². The second-order valence-corrected chi connectivity index (χ2v) is 6.56. The van der Waals surface area contributed by atoms with Crippen LogP contribution in [-0.2, 0) is 6.54 Å². The van der Waals surface area contributed by atoms with Crippen molar-refractivity contribution in [2.75, 3.05) is 13.1 Å². The standard InChI is InChI=1S/C16H22N2S/c1-12-5-4-8-18(15(12)9-17)10-13-11-19-16-7-3-2-6-14(13)16/h2-3,6-7,11-12,15H,4-5,8-10,17H2,1H3. The van der Waals surface area contributed by atoms with Crippen molar-refractivity contribution in [3.63, 3.8) is 0 Å². The van der Waals surface area contributed by atoms with E-state index in [0.717, 1.165) is 19.0 Å². The third-order valence-electron chi connectivity index (χ3n) is 4.41. The molecular formula is C16H22N2S. The van der Waals surface area contributed by atoms with Gasteiger partial charge < -0.3 is 5.73 Å². The highest BCUT2D eigenvalue weighted by atomic mass is 32.1. The van der Waals surface area contributed by atoms with Crippen LogP contribution in [0.15, 0.2) is 29.6 Å². The fourth-order valence-corrected chi connectivity index (χ4v) is 4.24. The summed E-state index contributed by atoms with van der Waals surface area (Å²) in [6, 6.07) is 9.26. The lowest BCUT2D eigenvalue weighted by atomic mass is 9.90. The monoisotopic (exact) mass is 274 g/mol. The fourth-order valence-electron chi connectivity index (χ4n) is 3.29. The van der Waals surface area contributed by atoms with Crippen molar-refractivity contribution in [3.05, 3.63) is 35.2 Å². The highest BCUT2D eigenvalue weighted by Gasteiger charge is 2.27. The fraction of sp³-hybridized carbons (Fsp3) is 0.500. The zero-order valence-electron chi connectivity index (χ0n) is 11.5. The summed E-state index contributed by atoms with van der Waals surface area (Å²) >= 11 is 1.85. The van der Waals surface area contributed by atoms with Crippen LogP contribution >= 0.6 is 11.3 Å². The van der Waals surface area contributed by atoms with Crippen LogP contribution in [0, 0.1) is 5.92 Å². The summed E-state index contributed by atoms with van der Waals surface area (Å²) in [6.45, 7) is 5.37. The normalized spacial score (nSPS) is 24.9. The van der Waals surface area contributed by atoms with Gasteiger partial charge in [-0.2, -0.15) is 0 Å². The molecule has 0 radical (unpaired) electrons. The van der Waals surface area contributed by atoms with E-state index < -0.39 is 0 Å². The van der Waals surface area contributed by atoms with Crippen molar-refractivity contribution in [2.24, 2.45) is 11.7 Å². The Labute approximate surface area is 119 Å². The minimum atomic E-state index is 0.549. The van der Waals surface area contributed by atoms with Gasteiger partial charge in [0.1, 0.15) is 0 Å². The molecule has 3 heteroatoms. The molecule has 1 aliphatic heterocycles. The molecule has 0 saturated carbocycles. The molecule has 2 nitrogen and oxygen atoms in total. The van der Waals surface area contributed by atoms with Gasteiger partial charge in [0.05, 0.1) is 0 Å². The number of benzene rings is 1. The summed E-state index contributed by atoms with van der Waals surface area (Å²) in [5, 5.41) is 3.74. The van der Waals surface area contributed by atoms with Crippen LogP contribution < -0.4 is 5.73 Å². The molecule has 0 amide bonds. The van der Waals surface area contributed by atoms with Crippen LogP contribution in [0.2, 0.25) is 0 Å². The molecule has 102 valence electrons. The molecule has 0 bridgehead atoms. The number of likely N-dealkylation sites (tertiary alicyclic amines) is 1. The summed E-state index contributed by atoms with van der Waals surface area (Å²) in [7, 11) is 0. The zero-order chi connectivity index (χ0) is 13.2. The second kappa shape index (κ2) is 5.61. The Morgan fingerprint density at radius 3 is 3.05 bits per heavy atom. The lowest BCUT2D eigenvalue weighted by Gasteiger charge is -2.39. The van der Waals surface area contributed by atoms with Crippen LogP contribution in [0.3, 0.4) is 0 Å². The van der Waals surface area contributed by atoms with Gasteiger partial charge in [0.15, 0.2) is 0 Å². The molecule has 1 aromatic heterocycles. The van der Waals surface area contributed by atoms with E-state index in [1.54, 1.807) is 0 Å². The Bertz CT molecular complexity index is 548. The van der Waals surface area contributed by atoms with E-state index in [1.165, 1.54) is 35.0 Å². The van der Waals surface area contributed by atoms with Crippen LogP contribution in [0.4, 0.5) is 0 Å². The predicted octanol–water partition coefficient (Wildman–Crippen LogP) is 3.46. The van der Waals surface area contributed by atoms with Gasteiger partial charge in [-0.05, 0) is 47.7 Å². The number of thiophene rings is 1. The number of piperidine rings is 1. The van der Waals surface area contributed by atoms with Crippen molar-refractivity contribution < 1.29 is 0 Å². The topological polar surface area (TPSA) is 29.3 Å². The predicted molar refractivity (Wildman–Crippen MR) is 83.5 cm³/mol. The molecular weight excluding hydrogens is 252 g/mol. The van der Waals surface area contributed by atoms with Crippen LogP contribution in [-0.4, -0.2) is 24.0 Å². The quantitative estimate of drug-likeness (QED) is 0.928. The second-order valence-electron chi connectivity index (χ2n) is 5.65. The van der Waals surface area contributed by atoms with E-state index in [9.17, 15) is 0 Å². The maximum Gasteiger partial charge on any atom is 0.0346 e. The largest absolute Gasteiger partial charge is 0.329 e. The zero-order valence-corrected chi connectivity index (χ0v) is 12.3. The summed E-state index contributed by atoms with van der Waals surface area (Å²) in [6.07, 6.45) is 2.63. The summed E-state index contributed by atoms with van der Waals surface area (Å²) in [5.74, 6) is 0.726. The minimum absolute atomic E-state index is 0.549. The van der Waals surface area contributed by atoms with Crippen molar-refractivity contribution in [1.82, 2.24) is 4.90 Å². The van der Waals surface area contributed by atoms with Gasteiger partial charge in [-0.25, -0.2) is 0 Å². The molecule has 3 rings (SSSR count). The molecule has 2 aromatic rings. The number of nitrogens with zero attached hydrogens (tertiary/aromatic N) is 1. The van der Waals surface area contributed by atoms with Crippen LogP contribution in [0.1, 0.15) is 25.3 Å². The van der Waals surface area contributed by atoms with E-state index in [1.807, 2.05) is 11.3 Å². The van der Waals surface area contributed by atoms with E-state index in [0.29, 0.717) is 6.04 Å². The van der Waals surface area contributed by atoms with Crippen molar-refractivity contribution in [3.8, 4) is 0 Å². The molecule has 19 heavy (non-hydrogen) atoms. The third-order valence-corrected chi connectivity index (χ3v) is 5.42. The first-order valence-corrected chi connectivity index (χ1v) is 8.07. The summed E-state index contributed by atoms with van der Waals surface area (Å²) < 4.78 is 1.40. The lowest BCUT2D eigenvalue weighted by molar-refractivity contribution is 0.0996. The number of hydrogen-bond acceptors (Lipinski definition) is 3. The highest BCUT2D eigenvalue weighted by molar-refractivity contribution is 7.17. The van der Waals surface area contributed by atoms with Gasteiger partial charge in [-0.1, -0.05) is 25.1 Å². The van der Waals surface area contributed by atoms with E-state index in [-0.39, 0.29) is 0 Å². The van der Waals surface area contributed by atoms with Gasteiger partial charge in [0.25, 0.3) is 0 Å². The SMILES string of the molecule is CC1CCCN(Cc2csc3ccccc23)C1CN. The Hall–Kier alpha value is -0.900. The smallest absolute Gasteiger partial charge is 0.0346 e. The minimum Gasteiger partial charge on any atom is -0.329 e. The average molecular weight is 274 g/mol. The van der Waals surface area contributed by atoms with Gasteiger partial charge in [-0.15, -0.1) is 11.3 Å². The lowest BCUT2D eigenvalue weighted by Crippen LogP contribution is -2.47. The first kappa shape index (κ1) is 13.1. The Morgan fingerprint density at radius 1 is 1.37 bits per heavy atom. The summed E-state index contributed by atoms with van der Waals surface area (Å²) in [4.78, 5) is 2.59. The number of fused-ring (bicyclic) bond motifs is 1. The Morgan fingerprint density at radius 2 is 2.21 bits per heavy atom. The van der Waals surface area contributed by atoms with Gasteiger partial charge in [0.2, 0.25) is 0 Å². The first-order chi connectivity index (χ1) is 9.29. The molecule has 2 atom stereocenters. The van der Waals surface area contributed by atoms with Gasteiger partial charge >= 0.3 is 0 Å². The molecule has 2 N–H and O–H groups in total. The van der Waals surface area contributed by atoms with Crippen LogP contribution in [0.5, 0.6) is 0 Å². The molecule has 1 fully saturated rings. The number of hydrogen-bond donors (Lipinski definition) is 1. The van der Waals surface area contributed by atoms with Crippen LogP contribution in [0.25, 0.3) is 10.1 Å². The third kappa shape index (κ3) is 2.55. The number of rotatable bonds is 3. The van der Waals surface area contributed by atoms with E-state index in [4.69, 9.17) is 5.73 Å². The van der Waals surface area contributed by atoms with Gasteiger partial charge in [-0.3, -0.25) is 4.90 Å². The molecule has 0 aliphatic carbocycles. The molecule has 1 saturated heterocycles. The van der Waals surface area contributed by atoms with E-state index in [2.05, 4.69) is 41.5 Å². The number of nitrogens with two attached hydrogens (primary N) is 1. The Balaban J connectivity index is 1.83. The first-order valence-electron chi connectivity index (χ1n) is 7.19.